The third kappa shape index (κ3) is 2.44. The molecule has 1 aliphatic heterocycles. The van der Waals surface area contributed by atoms with Gasteiger partial charge in [0.05, 0.1) is 37.9 Å². The molecular weight excluding hydrogens is 286 g/mol. The molecule has 0 saturated carbocycles. The number of aliphatic hydroxyl groups is 1. The molecule has 1 fully saturated rings. The zero-order chi connectivity index (χ0) is 15.7. The van der Waals surface area contributed by atoms with Crippen molar-refractivity contribution in [2.75, 3.05) is 33.5 Å². The van der Waals surface area contributed by atoms with Crippen molar-refractivity contribution in [1.29, 1.82) is 0 Å². The SMILES string of the molecule is COc1ccc2oc(C)c(C(=O)NCC3(CO)COC3)c2c1. The first kappa shape index (κ1) is 14.9. The summed E-state index contributed by atoms with van der Waals surface area (Å²) < 4.78 is 16.0. The number of methoxy groups -OCH3 is 1. The van der Waals surface area contributed by atoms with Crippen molar-refractivity contribution >= 4 is 16.9 Å². The summed E-state index contributed by atoms with van der Waals surface area (Å²) in [6.07, 6.45) is 0. The third-order valence-corrected chi connectivity index (χ3v) is 4.07. The first-order chi connectivity index (χ1) is 10.6. The molecule has 0 atom stereocenters. The first-order valence-corrected chi connectivity index (χ1v) is 7.12. The van der Waals surface area contributed by atoms with Crippen LogP contribution in [0.5, 0.6) is 5.75 Å². The van der Waals surface area contributed by atoms with Crippen molar-refractivity contribution in [3.05, 3.63) is 29.5 Å². The number of fused-ring (bicyclic) bond motifs is 1. The van der Waals surface area contributed by atoms with Crippen LogP contribution in [0.3, 0.4) is 0 Å². The average Bonchev–Trinajstić information content (AvgIpc) is 2.81. The number of rotatable bonds is 5. The molecule has 2 aromatic rings. The summed E-state index contributed by atoms with van der Waals surface area (Å²) in [7, 11) is 1.58. The van der Waals surface area contributed by atoms with Crippen molar-refractivity contribution in [2.45, 2.75) is 6.92 Å². The van der Waals surface area contributed by atoms with Crippen LogP contribution >= 0.6 is 0 Å². The fourth-order valence-electron chi connectivity index (χ4n) is 2.60. The van der Waals surface area contributed by atoms with Gasteiger partial charge in [0.15, 0.2) is 0 Å². The third-order valence-electron chi connectivity index (χ3n) is 4.07. The summed E-state index contributed by atoms with van der Waals surface area (Å²) in [6, 6.07) is 5.36. The normalized spacial score (nSPS) is 16.3. The topological polar surface area (TPSA) is 80.9 Å². The summed E-state index contributed by atoms with van der Waals surface area (Å²) in [5.74, 6) is 1.01. The minimum atomic E-state index is -0.360. The van der Waals surface area contributed by atoms with Gasteiger partial charge in [-0.15, -0.1) is 0 Å². The maximum atomic E-state index is 12.5. The van der Waals surface area contributed by atoms with E-state index in [-0.39, 0.29) is 17.9 Å². The van der Waals surface area contributed by atoms with Gasteiger partial charge >= 0.3 is 0 Å². The van der Waals surface area contributed by atoms with Gasteiger partial charge in [0.25, 0.3) is 5.91 Å². The van der Waals surface area contributed by atoms with Crippen LogP contribution in [0.25, 0.3) is 11.0 Å². The number of ether oxygens (including phenoxy) is 2. The molecule has 3 rings (SSSR count). The molecule has 1 aromatic carbocycles. The molecule has 1 aliphatic rings. The predicted octanol–water partition coefficient (Wildman–Crippen LogP) is 1.49. The summed E-state index contributed by atoms with van der Waals surface area (Å²) in [6.45, 7) is 3.05. The Labute approximate surface area is 128 Å². The molecule has 1 saturated heterocycles. The Kier molecular flexibility index (Phi) is 3.80. The number of benzene rings is 1. The second-order valence-electron chi connectivity index (χ2n) is 5.73. The lowest BCUT2D eigenvalue weighted by atomic mass is 9.87. The van der Waals surface area contributed by atoms with Crippen LogP contribution in [-0.4, -0.2) is 44.5 Å². The Balaban J connectivity index is 1.85. The Morgan fingerprint density at radius 2 is 2.23 bits per heavy atom. The predicted molar refractivity (Wildman–Crippen MR) is 80.2 cm³/mol. The number of aliphatic hydroxyl groups excluding tert-OH is 1. The number of hydrogen-bond acceptors (Lipinski definition) is 5. The number of hydrogen-bond donors (Lipinski definition) is 2. The van der Waals surface area contributed by atoms with Crippen LogP contribution in [0, 0.1) is 12.3 Å². The van der Waals surface area contributed by atoms with E-state index in [1.165, 1.54) is 0 Å². The summed E-state index contributed by atoms with van der Waals surface area (Å²) in [4.78, 5) is 12.5. The van der Waals surface area contributed by atoms with Gasteiger partial charge in [-0.2, -0.15) is 0 Å². The highest BCUT2D eigenvalue weighted by molar-refractivity contribution is 6.07. The molecule has 1 amide bonds. The maximum Gasteiger partial charge on any atom is 0.255 e. The summed E-state index contributed by atoms with van der Waals surface area (Å²) in [5.41, 5.74) is 0.787. The number of carbonyl (C=O) groups excluding carboxylic acids is 1. The molecule has 1 aromatic heterocycles. The van der Waals surface area contributed by atoms with Crippen LogP contribution in [0.4, 0.5) is 0 Å². The number of nitrogens with one attached hydrogen (secondary N) is 1. The molecule has 0 radical (unpaired) electrons. The first-order valence-electron chi connectivity index (χ1n) is 7.12. The van der Waals surface area contributed by atoms with E-state index in [1.54, 1.807) is 32.2 Å². The van der Waals surface area contributed by atoms with Crippen molar-refractivity contribution in [2.24, 2.45) is 5.41 Å². The Morgan fingerprint density at radius 3 is 2.82 bits per heavy atom. The highest BCUT2D eigenvalue weighted by Crippen LogP contribution is 2.30. The minimum Gasteiger partial charge on any atom is -0.497 e. The molecule has 2 N–H and O–H groups in total. The molecule has 6 heteroatoms. The van der Waals surface area contributed by atoms with Crippen LogP contribution in [0.1, 0.15) is 16.1 Å². The molecule has 2 heterocycles. The zero-order valence-corrected chi connectivity index (χ0v) is 12.6. The molecule has 0 aliphatic carbocycles. The molecule has 0 unspecified atom stereocenters. The zero-order valence-electron chi connectivity index (χ0n) is 12.6. The highest BCUT2D eigenvalue weighted by Gasteiger charge is 2.38. The van der Waals surface area contributed by atoms with Gasteiger partial charge in [0, 0.05) is 11.9 Å². The fourth-order valence-corrected chi connectivity index (χ4v) is 2.60. The van der Waals surface area contributed by atoms with Gasteiger partial charge in [-0.1, -0.05) is 0 Å². The number of furan rings is 1. The monoisotopic (exact) mass is 305 g/mol. The van der Waals surface area contributed by atoms with Gasteiger partial charge < -0.3 is 24.3 Å². The lowest BCUT2D eigenvalue weighted by molar-refractivity contribution is -0.133. The smallest absolute Gasteiger partial charge is 0.255 e. The minimum absolute atomic E-state index is 0.00772. The van der Waals surface area contributed by atoms with Crippen molar-refractivity contribution in [1.82, 2.24) is 5.32 Å². The van der Waals surface area contributed by atoms with Crippen LogP contribution in [-0.2, 0) is 4.74 Å². The van der Waals surface area contributed by atoms with E-state index in [1.807, 2.05) is 0 Å². The van der Waals surface area contributed by atoms with E-state index in [4.69, 9.17) is 13.9 Å². The second-order valence-corrected chi connectivity index (χ2v) is 5.73. The summed E-state index contributed by atoms with van der Waals surface area (Å²) >= 11 is 0. The molecule has 0 spiro atoms. The van der Waals surface area contributed by atoms with Crippen LogP contribution in [0.15, 0.2) is 22.6 Å². The number of amides is 1. The van der Waals surface area contributed by atoms with Gasteiger partial charge in [-0.05, 0) is 25.1 Å². The van der Waals surface area contributed by atoms with E-state index >= 15 is 0 Å². The standard InChI is InChI=1S/C16H19NO5/c1-10-14(12-5-11(20-2)3-4-13(12)22-10)15(19)17-6-16(7-18)8-21-9-16/h3-5,18H,6-9H2,1-2H3,(H,17,19). The van der Waals surface area contributed by atoms with Crippen LogP contribution in [0.2, 0.25) is 0 Å². The number of aryl methyl sites for hydroxylation is 1. The lowest BCUT2D eigenvalue weighted by Crippen LogP contribution is -2.53. The molecule has 118 valence electrons. The van der Waals surface area contributed by atoms with Crippen molar-refractivity contribution in [3.63, 3.8) is 0 Å². The Bertz CT molecular complexity index is 696. The average molecular weight is 305 g/mol. The quantitative estimate of drug-likeness (QED) is 0.874. The molecule has 6 nitrogen and oxygen atoms in total. The maximum absolute atomic E-state index is 12.5. The van der Waals surface area contributed by atoms with E-state index in [0.29, 0.717) is 42.4 Å². The molecule has 0 bridgehead atoms. The Hall–Kier alpha value is -2.05. The van der Waals surface area contributed by atoms with Crippen molar-refractivity contribution in [3.8, 4) is 5.75 Å². The van der Waals surface area contributed by atoms with Gasteiger partial charge in [-0.25, -0.2) is 0 Å². The van der Waals surface area contributed by atoms with E-state index in [2.05, 4.69) is 5.32 Å². The van der Waals surface area contributed by atoms with Gasteiger partial charge in [0.1, 0.15) is 17.1 Å². The summed E-state index contributed by atoms with van der Waals surface area (Å²) in [5, 5.41) is 13.0. The van der Waals surface area contributed by atoms with E-state index in [0.717, 1.165) is 5.39 Å². The van der Waals surface area contributed by atoms with Crippen molar-refractivity contribution < 1.29 is 23.8 Å². The lowest BCUT2D eigenvalue weighted by Gasteiger charge is -2.39. The van der Waals surface area contributed by atoms with Gasteiger partial charge in [-0.3, -0.25) is 4.79 Å². The molecule has 22 heavy (non-hydrogen) atoms. The second kappa shape index (κ2) is 5.62. The van der Waals surface area contributed by atoms with Crippen LogP contribution < -0.4 is 10.1 Å². The largest absolute Gasteiger partial charge is 0.497 e. The Morgan fingerprint density at radius 1 is 1.45 bits per heavy atom. The van der Waals surface area contributed by atoms with E-state index in [9.17, 15) is 9.90 Å². The highest BCUT2D eigenvalue weighted by atomic mass is 16.5. The number of carbonyl (C=O) groups is 1. The van der Waals surface area contributed by atoms with E-state index < -0.39 is 0 Å². The fraction of sp³-hybridized carbons (Fsp3) is 0.438. The van der Waals surface area contributed by atoms with Gasteiger partial charge in [0.2, 0.25) is 0 Å². The molecular formula is C16H19NO5.